The molecular weight excluding hydrogens is 478 g/mol. The first-order chi connectivity index (χ1) is 17.6. The van der Waals surface area contributed by atoms with Crippen LogP contribution in [-0.2, 0) is 16.1 Å². The Morgan fingerprint density at radius 1 is 1.08 bits per heavy atom. The van der Waals surface area contributed by atoms with Crippen LogP contribution in [0.3, 0.4) is 0 Å². The molecule has 3 aromatic carbocycles. The monoisotopic (exact) mass is 503 g/mol. The number of benzene rings is 3. The van der Waals surface area contributed by atoms with Gasteiger partial charge in [0.15, 0.2) is 16.7 Å². The van der Waals surface area contributed by atoms with E-state index in [0.717, 1.165) is 5.56 Å². The minimum absolute atomic E-state index is 0.0556. The number of amidine groups is 1. The SMILES string of the molecule is CCOc1cccc(NC(=O)C2CC(=O)N(Cc3ccc4c(c3)OCO4)C(=Nc3ccccc3)S2)c1. The molecule has 0 spiro atoms. The maximum atomic E-state index is 13.3. The molecule has 9 heteroatoms. The number of para-hydroxylation sites is 1. The van der Waals surface area contributed by atoms with Crippen LogP contribution in [0, 0.1) is 0 Å². The van der Waals surface area contributed by atoms with E-state index in [2.05, 4.69) is 5.32 Å². The molecule has 0 radical (unpaired) electrons. The molecule has 2 aliphatic heterocycles. The average Bonchev–Trinajstić information content (AvgIpc) is 3.35. The van der Waals surface area contributed by atoms with E-state index in [-0.39, 0.29) is 25.0 Å². The van der Waals surface area contributed by atoms with E-state index in [4.69, 9.17) is 19.2 Å². The van der Waals surface area contributed by atoms with Crippen LogP contribution in [0.1, 0.15) is 18.9 Å². The van der Waals surface area contributed by atoms with Gasteiger partial charge >= 0.3 is 0 Å². The van der Waals surface area contributed by atoms with Crippen LogP contribution in [-0.4, -0.2) is 40.5 Å². The maximum absolute atomic E-state index is 13.3. The van der Waals surface area contributed by atoms with Crippen LogP contribution in [0.15, 0.2) is 77.8 Å². The van der Waals surface area contributed by atoms with Crippen LogP contribution >= 0.6 is 11.8 Å². The second kappa shape index (κ2) is 10.7. The summed E-state index contributed by atoms with van der Waals surface area (Å²) in [5.41, 5.74) is 2.20. The minimum atomic E-state index is -0.622. The van der Waals surface area contributed by atoms with Crippen molar-refractivity contribution in [2.75, 3.05) is 18.7 Å². The predicted molar refractivity (Wildman–Crippen MR) is 139 cm³/mol. The number of rotatable bonds is 7. The van der Waals surface area contributed by atoms with E-state index >= 15 is 0 Å². The molecule has 1 unspecified atom stereocenters. The number of nitrogens with one attached hydrogen (secondary N) is 1. The number of aliphatic imine (C=N–C) groups is 1. The van der Waals surface area contributed by atoms with Crippen molar-refractivity contribution < 1.29 is 23.8 Å². The third-order valence-electron chi connectivity index (χ3n) is 5.60. The Labute approximate surface area is 213 Å². The first kappa shape index (κ1) is 23.7. The topological polar surface area (TPSA) is 89.5 Å². The van der Waals surface area contributed by atoms with Crippen molar-refractivity contribution in [1.29, 1.82) is 0 Å². The highest BCUT2D eigenvalue weighted by Gasteiger charge is 2.36. The molecule has 2 aliphatic rings. The van der Waals surface area contributed by atoms with Crippen LogP contribution in [0.2, 0.25) is 0 Å². The molecule has 0 saturated carbocycles. The van der Waals surface area contributed by atoms with Crippen molar-refractivity contribution in [3.05, 3.63) is 78.4 Å². The summed E-state index contributed by atoms with van der Waals surface area (Å²) in [5.74, 6) is 1.57. The summed E-state index contributed by atoms with van der Waals surface area (Å²) in [7, 11) is 0. The summed E-state index contributed by atoms with van der Waals surface area (Å²) in [4.78, 5) is 32.8. The zero-order chi connectivity index (χ0) is 24.9. The highest BCUT2D eigenvalue weighted by Crippen LogP contribution is 2.35. The quantitative estimate of drug-likeness (QED) is 0.490. The maximum Gasteiger partial charge on any atom is 0.238 e. The molecule has 0 aliphatic carbocycles. The Morgan fingerprint density at radius 3 is 2.75 bits per heavy atom. The standard InChI is InChI=1S/C27H25N3O5S/c1-2-33-21-10-6-9-20(14-21)28-26(32)24-15-25(31)30(27(36-24)29-19-7-4-3-5-8-19)16-18-11-12-22-23(13-18)35-17-34-22/h3-14,24H,2,15-17H2,1H3,(H,28,32). The zero-order valence-electron chi connectivity index (χ0n) is 19.7. The molecule has 5 rings (SSSR count). The number of ether oxygens (including phenoxy) is 3. The van der Waals surface area contributed by atoms with Gasteiger partial charge in [-0.15, -0.1) is 0 Å². The zero-order valence-corrected chi connectivity index (χ0v) is 20.5. The number of hydrogen-bond acceptors (Lipinski definition) is 7. The molecule has 0 aromatic heterocycles. The number of anilines is 1. The lowest BCUT2D eigenvalue weighted by atomic mass is 10.1. The van der Waals surface area contributed by atoms with Crippen molar-refractivity contribution >= 4 is 40.1 Å². The van der Waals surface area contributed by atoms with E-state index in [1.54, 1.807) is 17.0 Å². The summed E-state index contributed by atoms with van der Waals surface area (Å²) in [6.45, 7) is 2.92. The van der Waals surface area contributed by atoms with E-state index in [9.17, 15) is 9.59 Å². The molecule has 8 nitrogen and oxygen atoms in total. The number of nitrogens with zero attached hydrogens (tertiary/aromatic N) is 2. The number of thioether (sulfide) groups is 1. The fourth-order valence-electron chi connectivity index (χ4n) is 3.88. The number of hydrogen-bond donors (Lipinski definition) is 1. The molecule has 1 fully saturated rings. The highest BCUT2D eigenvalue weighted by molar-refractivity contribution is 8.15. The van der Waals surface area contributed by atoms with Gasteiger partial charge in [-0.25, -0.2) is 4.99 Å². The first-order valence-corrected chi connectivity index (χ1v) is 12.5. The van der Waals surface area contributed by atoms with Crippen molar-refractivity contribution in [3.8, 4) is 17.2 Å². The second-order valence-electron chi connectivity index (χ2n) is 8.16. The Kier molecular flexibility index (Phi) is 7.08. The third kappa shape index (κ3) is 5.46. The smallest absolute Gasteiger partial charge is 0.238 e. The van der Waals surface area contributed by atoms with Gasteiger partial charge in [-0.3, -0.25) is 14.5 Å². The lowest BCUT2D eigenvalue weighted by Crippen LogP contribution is -2.44. The van der Waals surface area contributed by atoms with Crippen molar-refractivity contribution in [2.24, 2.45) is 4.99 Å². The van der Waals surface area contributed by atoms with Crippen molar-refractivity contribution in [1.82, 2.24) is 4.90 Å². The summed E-state index contributed by atoms with van der Waals surface area (Å²) >= 11 is 1.28. The Bertz CT molecular complexity index is 1300. The molecule has 2 amide bonds. The molecule has 2 heterocycles. The van der Waals surface area contributed by atoms with Gasteiger partial charge in [0.25, 0.3) is 0 Å². The third-order valence-corrected chi connectivity index (χ3v) is 6.79. The van der Waals surface area contributed by atoms with Gasteiger partial charge in [0.05, 0.1) is 18.8 Å². The summed E-state index contributed by atoms with van der Waals surface area (Å²) in [5, 5.41) is 2.76. The number of carbonyl (C=O) groups excluding carboxylic acids is 2. The van der Waals surface area contributed by atoms with Crippen LogP contribution in [0.5, 0.6) is 17.2 Å². The van der Waals surface area contributed by atoms with E-state index < -0.39 is 5.25 Å². The Hall–Kier alpha value is -3.98. The van der Waals surface area contributed by atoms with E-state index in [1.165, 1.54) is 11.8 Å². The van der Waals surface area contributed by atoms with Crippen molar-refractivity contribution in [3.63, 3.8) is 0 Å². The largest absolute Gasteiger partial charge is 0.494 e. The molecular formula is C27H25N3O5S. The first-order valence-electron chi connectivity index (χ1n) is 11.6. The van der Waals surface area contributed by atoms with Gasteiger partial charge in [0, 0.05) is 18.2 Å². The predicted octanol–water partition coefficient (Wildman–Crippen LogP) is 4.97. The molecule has 1 N–H and O–H groups in total. The van der Waals surface area contributed by atoms with Crippen molar-refractivity contribution in [2.45, 2.75) is 25.1 Å². The summed E-state index contributed by atoms with van der Waals surface area (Å²) in [6, 6.07) is 22.2. The normalized spacial score (nSPS) is 17.8. The summed E-state index contributed by atoms with van der Waals surface area (Å²) in [6.07, 6.45) is 0.0556. The number of carbonyl (C=O) groups is 2. The van der Waals surface area contributed by atoms with Crippen LogP contribution in [0.4, 0.5) is 11.4 Å². The Balaban J connectivity index is 1.37. The van der Waals surface area contributed by atoms with Gasteiger partial charge in [0.2, 0.25) is 18.6 Å². The molecule has 1 atom stereocenters. The molecule has 184 valence electrons. The number of amides is 2. The van der Waals surface area contributed by atoms with Gasteiger partial charge < -0.3 is 19.5 Å². The molecule has 36 heavy (non-hydrogen) atoms. The van der Waals surface area contributed by atoms with E-state index in [1.807, 2.05) is 67.6 Å². The second-order valence-corrected chi connectivity index (χ2v) is 9.33. The van der Waals surface area contributed by atoms with Gasteiger partial charge in [-0.2, -0.15) is 0 Å². The summed E-state index contributed by atoms with van der Waals surface area (Å²) < 4.78 is 16.4. The fraction of sp³-hybridized carbons (Fsp3) is 0.222. The molecule has 0 bridgehead atoms. The molecule has 1 saturated heterocycles. The van der Waals surface area contributed by atoms with E-state index in [0.29, 0.717) is 46.9 Å². The lowest BCUT2D eigenvalue weighted by molar-refractivity contribution is -0.129. The Morgan fingerprint density at radius 2 is 1.92 bits per heavy atom. The molecule has 3 aromatic rings. The van der Waals surface area contributed by atoms with Gasteiger partial charge in [0.1, 0.15) is 11.0 Å². The fourth-order valence-corrected chi connectivity index (χ4v) is 4.98. The minimum Gasteiger partial charge on any atom is -0.494 e. The lowest BCUT2D eigenvalue weighted by Gasteiger charge is -2.32. The van der Waals surface area contributed by atoms with Gasteiger partial charge in [-0.1, -0.05) is 42.1 Å². The van der Waals surface area contributed by atoms with Crippen LogP contribution < -0.4 is 19.5 Å². The van der Waals surface area contributed by atoms with Gasteiger partial charge in [-0.05, 0) is 48.9 Å². The number of fused-ring (bicyclic) bond motifs is 1. The average molecular weight is 504 g/mol. The van der Waals surface area contributed by atoms with Crippen LogP contribution in [0.25, 0.3) is 0 Å². The highest BCUT2D eigenvalue weighted by atomic mass is 32.2.